The Balaban J connectivity index is 2.71. The predicted octanol–water partition coefficient (Wildman–Crippen LogP) is 2.93. The number of rotatable bonds is 3. The maximum absolute atomic E-state index is 11.1. The zero-order chi connectivity index (χ0) is 12.4. The number of hydrogen-bond acceptors (Lipinski definition) is 3. The van der Waals surface area contributed by atoms with E-state index in [-0.39, 0.29) is 5.69 Å². The molecule has 1 aromatic heterocycles. The molecule has 0 radical (unpaired) electrons. The molecule has 0 saturated heterocycles. The maximum Gasteiger partial charge on any atom is 0.355 e. The highest BCUT2D eigenvalue weighted by molar-refractivity contribution is 6.31. The number of carboxylic acid groups (broad SMARTS) is 1. The van der Waals surface area contributed by atoms with Crippen molar-refractivity contribution in [1.82, 2.24) is 9.97 Å². The third-order valence-electron chi connectivity index (χ3n) is 2.38. The van der Waals surface area contributed by atoms with Crippen LogP contribution in [0.3, 0.4) is 0 Å². The molecule has 1 heterocycles. The van der Waals surface area contributed by atoms with Crippen LogP contribution in [0.2, 0.25) is 5.02 Å². The number of aromatic carboxylic acids is 1. The molecule has 0 aliphatic carbocycles. The van der Waals surface area contributed by atoms with E-state index in [2.05, 4.69) is 9.97 Å². The number of aryl methyl sites for hydroxylation is 1. The van der Waals surface area contributed by atoms with E-state index in [9.17, 15) is 4.79 Å². The first-order chi connectivity index (χ1) is 8.11. The Bertz CT molecular complexity index is 584. The number of fused-ring (bicyclic) bond motifs is 1. The first-order valence-electron chi connectivity index (χ1n) is 5.31. The fraction of sp³-hybridized carbons (Fsp3) is 0.250. The third-order valence-corrected chi connectivity index (χ3v) is 2.62. The van der Waals surface area contributed by atoms with Gasteiger partial charge in [-0.2, -0.15) is 0 Å². The van der Waals surface area contributed by atoms with Crippen LogP contribution in [-0.2, 0) is 6.42 Å². The lowest BCUT2D eigenvalue weighted by molar-refractivity contribution is 0.0692. The zero-order valence-corrected chi connectivity index (χ0v) is 10.0. The summed E-state index contributed by atoms with van der Waals surface area (Å²) in [5.41, 5.74) is 0.614. The van der Waals surface area contributed by atoms with Gasteiger partial charge in [0.05, 0.1) is 5.52 Å². The summed E-state index contributed by atoms with van der Waals surface area (Å²) in [6.45, 7) is 1.99. The van der Waals surface area contributed by atoms with Gasteiger partial charge in [0, 0.05) is 16.8 Å². The van der Waals surface area contributed by atoms with Crippen LogP contribution >= 0.6 is 11.6 Å². The number of hydrogen-bond donors (Lipinski definition) is 1. The Morgan fingerprint density at radius 3 is 2.82 bits per heavy atom. The molecule has 1 N–H and O–H groups in total. The normalized spacial score (nSPS) is 10.7. The van der Waals surface area contributed by atoms with Gasteiger partial charge in [-0.3, -0.25) is 0 Å². The molecule has 2 aromatic rings. The minimum absolute atomic E-state index is 0.0371. The number of halogens is 1. The van der Waals surface area contributed by atoms with Crippen molar-refractivity contribution >= 4 is 28.5 Å². The van der Waals surface area contributed by atoms with Crippen LogP contribution in [0.15, 0.2) is 18.2 Å². The van der Waals surface area contributed by atoms with E-state index in [1.165, 1.54) is 0 Å². The van der Waals surface area contributed by atoms with Crippen molar-refractivity contribution in [3.8, 4) is 0 Å². The van der Waals surface area contributed by atoms with Crippen molar-refractivity contribution in [1.29, 1.82) is 0 Å². The van der Waals surface area contributed by atoms with E-state index < -0.39 is 5.97 Å². The molecule has 4 nitrogen and oxygen atoms in total. The van der Waals surface area contributed by atoms with Crippen molar-refractivity contribution in [3.05, 3.63) is 34.7 Å². The zero-order valence-electron chi connectivity index (χ0n) is 9.27. The lowest BCUT2D eigenvalue weighted by atomic mass is 10.1. The predicted molar refractivity (Wildman–Crippen MR) is 65.5 cm³/mol. The Morgan fingerprint density at radius 2 is 2.18 bits per heavy atom. The van der Waals surface area contributed by atoms with Crippen molar-refractivity contribution in [2.24, 2.45) is 0 Å². The van der Waals surface area contributed by atoms with Gasteiger partial charge >= 0.3 is 5.97 Å². The fourth-order valence-corrected chi connectivity index (χ4v) is 1.82. The first-order valence-corrected chi connectivity index (χ1v) is 5.69. The number of nitrogens with zero attached hydrogens (tertiary/aromatic N) is 2. The molecule has 0 atom stereocenters. The van der Waals surface area contributed by atoms with E-state index in [1.807, 2.05) is 6.92 Å². The summed E-state index contributed by atoms with van der Waals surface area (Å²) in [5, 5.41) is 10.2. The van der Waals surface area contributed by atoms with E-state index in [0.717, 1.165) is 6.42 Å². The molecule has 0 amide bonds. The quantitative estimate of drug-likeness (QED) is 0.910. The van der Waals surface area contributed by atoms with Crippen LogP contribution in [0.25, 0.3) is 10.9 Å². The summed E-state index contributed by atoms with van der Waals surface area (Å²) in [4.78, 5) is 19.5. The van der Waals surface area contributed by atoms with Gasteiger partial charge < -0.3 is 5.11 Å². The minimum Gasteiger partial charge on any atom is -0.476 e. The van der Waals surface area contributed by atoms with Gasteiger partial charge in [0.1, 0.15) is 5.82 Å². The van der Waals surface area contributed by atoms with E-state index in [1.54, 1.807) is 18.2 Å². The van der Waals surface area contributed by atoms with Gasteiger partial charge in [0.25, 0.3) is 0 Å². The van der Waals surface area contributed by atoms with Crippen molar-refractivity contribution in [2.75, 3.05) is 0 Å². The Kier molecular flexibility index (Phi) is 3.24. The van der Waals surface area contributed by atoms with E-state index in [4.69, 9.17) is 16.7 Å². The summed E-state index contributed by atoms with van der Waals surface area (Å²) in [6.07, 6.45) is 1.52. The molecule has 0 saturated carbocycles. The van der Waals surface area contributed by atoms with Gasteiger partial charge in [-0.1, -0.05) is 18.5 Å². The van der Waals surface area contributed by atoms with Gasteiger partial charge in [0.15, 0.2) is 5.69 Å². The lowest BCUT2D eigenvalue weighted by Crippen LogP contribution is -2.06. The van der Waals surface area contributed by atoms with Gasteiger partial charge in [-0.05, 0) is 24.6 Å². The molecule has 0 bridgehead atoms. The summed E-state index contributed by atoms with van der Waals surface area (Å²) in [6, 6.07) is 4.93. The Morgan fingerprint density at radius 1 is 1.41 bits per heavy atom. The molecule has 5 heteroatoms. The summed E-state index contributed by atoms with van der Waals surface area (Å²) in [7, 11) is 0. The van der Waals surface area contributed by atoms with Crippen LogP contribution in [0.5, 0.6) is 0 Å². The first kappa shape index (κ1) is 11.8. The SMILES string of the molecule is CCCc1nc(C(=O)O)c2ccc(Cl)cc2n1. The maximum atomic E-state index is 11.1. The van der Waals surface area contributed by atoms with Crippen LogP contribution in [-0.4, -0.2) is 21.0 Å². The lowest BCUT2D eigenvalue weighted by Gasteiger charge is -2.05. The highest BCUT2D eigenvalue weighted by Crippen LogP contribution is 2.20. The van der Waals surface area contributed by atoms with Crippen LogP contribution < -0.4 is 0 Å². The minimum atomic E-state index is -1.04. The number of carboxylic acids is 1. The Labute approximate surface area is 103 Å². The average molecular weight is 251 g/mol. The highest BCUT2D eigenvalue weighted by atomic mass is 35.5. The summed E-state index contributed by atoms with van der Waals surface area (Å²) >= 11 is 5.87. The molecule has 0 aliphatic rings. The van der Waals surface area contributed by atoms with Crippen molar-refractivity contribution < 1.29 is 9.90 Å². The molecule has 0 spiro atoms. The van der Waals surface area contributed by atoms with Crippen LogP contribution in [0.1, 0.15) is 29.7 Å². The average Bonchev–Trinajstić information content (AvgIpc) is 2.27. The summed E-state index contributed by atoms with van der Waals surface area (Å²) < 4.78 is 0. The van der Waals surface area contributed by atoms with E-state index in [0.29, 0.717) is 28.2 Å². The molecule has 0 aliphatic heterocycles. The van der Waals surface area contributed by atoms with Gasteiger partial charge in [-0.15, -0.1) is 0 Å². The molecule has 0 fully saturated rings. The molecule has 2 rings (SSSR count). The number of aromatic nitrogens is 2. The van der Waals surface area contributed by atoms with E-state index >= 15 is 0 Å². The van der Waals surface area contributed by atoms with Crippen molar-refractivity contribution in [2.45, 2.75) is 19.8 Å². The topological polar surface area (TPSA) is 63.1 Å². The smallest absolute Gasteiger partial charge is 0.355 e. The van der Waals surface area contributed by atoms with Gasteiger partial charge in [-0.25, -0.2) is 14.8 Å². The van der Waals surface area contributed by atoms with Crippen molar-refractivity contribution in [3.63, 3.8) is 0 Å². The molecular formula is C12H11ClN2O2. The van der Waals surface area contributed by atoms with Crippen LogP contribution in [0, 0.1) is 0 Å². The molecule has 0 unspecified atom stereocenters. The Hall–Kier alpha value is -1.68. The second-order valence-electron chi connectivity index (χ2n) is 3.71. The third kappa shape index (κ3) is 2.36. The molecular weight excluding hydrogens is 240 g/mol. The second kappa shape index (κ2) is 4.67. The molecule has 17 heavy (non-hydrogen) atoms. The second-order valence-corrected chi connectivity index (χ2v) is 4.14. The highest BCUT2D eigenvalue weighted by Gasteiger charge is 2.13. The summed E-state index contributed by atoms with van der Waals surface area (Å²) in [5.74, 6) is -0.503. The van der Waals surface area contributed by atoms with Gasteiger partial charge in [0.2, 0.25) is 0 Å². The number of carbonyl (C=O) groups is 1. The standard InChI is InChI=1S/C12H11ClN2O2/c1-2-3-10-14-9-6-7(13)4-5-8(9)11(15-10)12(16)17/h4-6H,2-3H2,1H3,(H,16,17). The monoisotopic (exact) mass is 250 g/mol. The molecule has 88 valence electrons. The number of benzene rings is 1. The molecule has 1 aromatic carbocycles. The largest absolute Gasteiger partial charge is 0.476 e. The van der Waals surface area contributed by atoms with Crippen LogP contribution in [0.4, 0.5) is 0 Å². The fourth-order valence-electron chi connectivity index (χ4n) is 1.65.